The normalized spacial score (nSPS) is 21.4. The lowest BCUT2D eigenvalue weighted by Gasteiger charge is -2.48. The Labute approximate surface area is 221 Å². The summed E-state index contributed by atoms with van der Waals surface area (Å²) in [5, 5.41) is 0. The second-order valence-corrected chi connectivity index (χ2v) is 10.7. The summed E-state index contributed by atoms with van der Waals surface area (Å²) in [6.45, 7) is 10.8. The van der Waals surface area contributed by atoms with Gasteiger partial charge in [-0.1, -0.05) is 60.7 Å². The summed E-state index contributed by atoms with van der Waals surface area (Å²) in [4.78, 5) is 19.3. The van der Waals surface area contributed by atoms with Crippen LogP contribution in [0, 0.1) is 0 Å². The summed E-state index contributed by atoms with van der Waals surface area (Å²) < 4.78 is 5.62. The van der Waals surface area contributed by atoms with Crippen LogP contribution in [0.15, 0.2) is 72.8 Å². The van der Waals surface area contributed by atoms with Gasteiger partial charge < -0.3 is 9.64 Å². The first-order chi connectivity index (χ1) is 17.9. The van der Waals surface area contributed by atoms with Gasteiger partial charge in [-0.05, 0) is 60.2 Å². The maximum absolute atomic E-state index is 12.1. The number of piperazine rings is 1. The van der Waals surface area contributed by atoms with Crippen molar-refractivity contribution in [1.29, 1.82) is 0 Å². The van der Waals surface area contributed by atoms with E-state index in [0.717, 1.165) is 38.3 Å². The van der Waals surface area contributed by atoms with Gasteiger partial charge >= 0.3 is 0 Å². The Morgan fingerprint density at radius 3 is 2.46 bits per heavy atom. The highest BCUT2D eigenvalue weighted by Crippen LogP contribution is 2.36. The van der Waals surface area contributed by atoms with Crippen molar-refractivity contribution in [3.63, 3.8) is 0 Å². The molecule has 1 amide bonds. The van der Waals surface area contributed by atoms with Crippen LogP contribution in [0.4, 0.5) is 0 Å². The van der Waals surface area contributed by atoms with E-state index in [2.05, 4.69) is 90.4 Å². The Kier molecular flexibility index (Phi) is 7.63. The molecule has 0 aliphatic carbocycles. The molecule has 37 heavy (non-hydrogen) atoms. The summed E-state index contributed by atoms with van der Waals surface area (Å²) in [6, 6.07) is 27.2. The fourth-order valence-electron chi connectivity index (χ4n) is 6.03. The van der Waals surface area contributed by atoms with Crippen LogP contribution in [0.3, 0.4) is 0 Å². The molecule has 2 aliphatic heterocycles. The van der Waals surface area contributed by atoms with Crippen LogP contribution in [0.1, 0.15) is 54.6 Å². The van der Waals surface area contributed by atoms with Crippen LogP contribution >= 0.6 is 0 Å². The topological polar surface area (TPSA) is 36.0 Å². The third-order valence-electron chi connectivity index (χ3n) is 8.14. The van der Waals surface area contributed by atoms with Crippen LogP contribution in [0.2, 0.25) is 0 Å². The van der Waals surface area contributed by atoms with E-state index in [1.54, 1.807) is 14.0 Å². The summed E-state index contributed by atoms with van der Waals surface area (Å²) in [7, 11) is 1.73. The molecule has 0 spiro atoms. The molecule has 194 valence electrons. The molecule has 5 rings (SSSR count). The number of amides is 1. The predicted octanol–water partition coefficient (Wildman–Crippen LogP) is 5.28. The highest BCUT2D eigenvalue weighted by molar-refractivity contribution is 5.73. The Balaban J connectivity index is 1.47. The molecule has 5 nitrogen and oxygen atoms in total. The molecule has 3 aromatic carbocycles. The van der Waals surface area contributed by atoms with Crippen molar-refractivity contribution < 1.29 is 9.53 Å². The van der Waals surface area contributed by atoms with Crippen molar-refractivity contribution >= 4 is 5.91 Å². The number of methoxy groups -OCH3 is 1. The van der Waals surface area contributed by atoms with E-state index in [0.29, 0.717) is 18.6 Å². The van der Waals surface area contributed by atoms with Gasteiger partial charge in [-0.15, -0.1) is 0 Å². The van der Waals surface area contributed by atoms with Gasteiger partial charge in [0, 0.05) is 51.7 Å². The van der Waals surface area contributed by atoms with Gasteiger partial charge in [0.15, 0.2) is 0 Å². The standard InChI is InChI=1S/C32H39N3O2/c1-23-20-35(24(2)19-34(23)21-26-9-6-5-7-10-26)32(28-11-8-12-31(18-28)37-4)29-14-13-27-15-16-33(25(3)36)22-30(27)17-29/h5-14,17-18,23-24,32H,15-16,19-22H2,1-4H3/t23-,24+,32?/m1/s1. The fourth-order valence-corrected chi connectivity index (χ4v) is 6.03. The highest BCUT2D eigenvalue weighted by Gasteiger charge is 2.35. The van der Waals surface area contributed by atoms with Gasteiger partial charge in [-0.25, -0.2) is 0 Å². The van der Waals surface area contributed by atoms with Crippen molar-refractivity contribution in [2.45, 2.75) is 58.4 Å². The smallest absolute Gasteiger partial charge is 0.219 e. The van der Waals surface area contributed by atoms with E-state index in [9.17, 15) is 4.79 Å². The van der Waals surface area contributed by atoms with Crippen molar-refractivity contribution in [3.8, 4) is 5.75 Å². The van der Waals surface area contributed by atoms with Gasteiger partial charge in [0.05, 0.1) is 13.2 Å². The molecular formula is C32H39N3O2. The first kappa shape index (κ1) is 25.5. The molecule has 0 saturated carbocycles. The fraction of sp³-hybridized carbons (Fsp3) is 0.406. The average Bonchev–Trinajstić information content (AvgIpc) is 2.91. The number of fused-ring (bicyclic) bond motifs is 1. The average molecular weight is 498 g/mol. The van der Waals surface area contributed by atoms with Crippen molar-refractivity contribution in [3.05, 3.63) is 101 Å². The highest BCUT2D eigenvalue weighted by atomic mass is 16.5. The Hall–Kier alpha value is -3.15. The third-order valence-corrected chi connectivity index (χ3v) is 8.14. The number of hydrogen-bond acceptors (Lipinski definition) is 4. The van der Waals surface area contributed by atoms with E-state index >= 15 is 0 Å². The van der Waals surface area contributed by atoms with E-state index in [1.807, 2.05) is 11.0 Å². The van der Waals surface area contributed by atoms with Crippen molar-refractivity contribution in [2.24, 2.45) is 0 Å². The zero-order chi connectivity index (χ0) is 25.9. The molecule has 2 heterocycles. The molecule has 5 heteroatoms. The van der Waals surface area contributed by atoms with Crippen molar-refractivity contribution in [1.82, 2.24) is 14.7 Å². The molecule has 1 saturated heterocycles. The first-order valence-electron chi connectivity index (χ1n) is 13.5. The lowest BCUT2D eigenvalue weighted by atomic mass is 9.89. The van der Waals surface area contributed by atoms with E-state index in [1.165, 1.54) is 27.8 Å². The minimum Gasteiger partial charge on any atom is -0.497 e. The molecule has 0 aromatic heterocycles. The largest absolute Gasteiger partial charge is 0.497 e. The van der Waals surface area contributed by atoms with Gasteiger partial charge in [0.1, 0.15) is 5.75 Å². The van der Waals surface area contributed by atoms with Gasteiger partial charge in [-0.2, -0.15) is 0 Å². The zero-order valence-electron chi connectivity index (χ0n) is 22.6. The summed E-state index contributed by atoms with van der Waals surface area (Å²) in [5.41, 5.74) is 6.53. The number of nitrogens with zero attached hydrogens (tertiary/aromatic N) is 3. The minimum atomic E-state index is 0.115. The second kappa shape index (κ2) is 11.1. The number of carbonyl (C=O) groups excluding carboxylic acids is 1. The van der Waals surface area contributed by atoms with Crippen LogP contribution in [0.25, 0.3) is 0 Å². The molecule has 0 N–H and O–H groups in total. The van der Waals surface area contributed by atoms with Crippen LogP contribution in [-0.4, -0.2) is 59.4 Å². The Morgan fingerprint density at radius 1 is 0.919 bits per heavy atom. The van der Waals surface area contributed by atoms with Crippen LogP contribution in [0.5, 0.6) is 5.75 Å². The molecule has 0 bridgehead atoms. The van der Waals surface area contributed by atoms with Gasteiger partial charge in [0.25, 0.3) is 0 Å². The van der Waals surface area contributed by atoms with Gasteiger partial charge in [-0.3, -0.25) is 14.6 Å². The Bertz CT molecular complexity index is 1230. The number of ether oxygens (including phenoxy) is 1. The molecule has 1 unspecified atom stereocenters. The molecule has 3 atom stereocenters. The van der Waals surface area contributed by atoms with Gasteiger partial charge in [0.2, 0.25) is 5.91 Å². The van der Waals surface area contributed by atoms with E-state index in [4.69, 9.17) is 4.74 Å². The lowest BCUT2D eigenvalue weighted by Crippen LogP contribution is -2.56. The van der Waals surface area contributed by atoms with Crippen LogP contribution in [-0.2, 0) is 24.3 Å². The number of rotatable bonds is 6. The quantitative estimate of drug-likeness (QED) is 0.464. The Morgan fingerprint density at radius 2 is 1.70 bits per heavy atom. The second-order valence-electron chi connectivity index (χ2n) is 10.7. The summed E-state index contributed by atoms with van der Waals surface area (Å²) in [5.74, 6) is 1.03. The van der Waals surface area contributed by atoms with E-state index < -0.39 is 0 Å². The zero-order valence-corrected chi connectivity index (χ0v) is 22.6. The summed E-state index contributed by atoms with van der Waals surface area (Å²) in [6.07, 6.45) is 0.921. The number of carbonyl (C=O) groups is 1. The van der Waals surface area contributed by atoms with Crippen LogP contribution < -0.4 is 4.74 Å². The lowest BCUT2D eigenvalue weighted by molar-refractivity contribution is -0.129. The van der Waals surface area contributed by atoms with Crippen molar-refractivity contribution in [2.75, 3.05) is 26.7 Å². The monoisotopic (exact) mass is 497 g/mol. The maximum Gasteiger partial charge on any atom is 0.219 e. The molecule has 0 radical (unpaired) electrons. The summed E-state index contributed by atoms with van der Waals surface area (Å²) >= 11 is 0. The predicted molar refractivity (Wildman–Crippen MR) is 149 cm³/mol. The maximum atomic E-state index is 12.1. The minimum absolute atomic E-state index is 0.115. The van der Waals surface area contributed by atoms with E-state index in [-0.39, 0.29) is 11.9 Å². The third kappa shape index (κ3) is 5.58. The molecule has 1 fully saturated rings. The SMILES string of the molecule is COc1cccc(C(c2ccc3c(c2)CN(C(C)=O)CC3)N2C[C@@H](C)N(Cc3ccccc3)C[C@@H]2C)c1. The molecule has 3 aromatic rings. The first-order valence-corrected chi connectivity index (χ1v) is 13.5. The number of hydrogen-bond donors (Lipinski definition) is 0. The number of benzene rings is 3. The molecule has 2 aliphatic rings. The molecular weight excluding hydrogens is 458 g/mol.